The van der Waals surface area contributed by atoms with Gasteiger partial charge in [0.2, 0.25) is 5.91 Å². The lowest BCUT2D eigenvalue weighted by Crippen LogP contribution is -2.30. The molecule has 0 bridgehead atoms. The molecule has 0 radical (unpaired) electrons. The number of carbonyl (C=O) groups is 3. The molecular formula is C35H28ClFN4O3S2. The van der Waals surface area contributed by atoms with E-state index in [9.17, 15) is 18.8 Å². The van der Waals surface area contributed by atoms with E-state index in [-0.39, 0.29) is 11.6 Å². The Bertz CT molecular complexity index is 1880. The van der Waals surface area contributed by atoms with Crippen LogP contribution in [0.2, 0.25) is 5.02 Å². The van der Waals surface area contributed by atoms with Crippen LogP contribution in [0.1, 0.15) is 29.3 Å². The van der Waals surface area contributed by atoms with Crippen LogP contribution in [-0.4, -0.2) is 28.0 Å². The van der Waals surface area contributed by atoms with Gasteiger partial charge < -0.3 is 16.0 Å². The van der Waals surface area contributed by atoms with Gasteiger partial charge in [-0.15, -0.1) is 23.1 Å². The summed E-state index contributed by atoms with van der Waals surface area (Å²) in [5.41, 5.74) is 2.82. The monoisotopic (exact) mass is 670 g/mol. The van der Waals surface area contributed by atoms with E-state index >= 15 is 0 Å². The minimum Gasteiger partial charge on any atom is -0.321 e. The predicted octanol–water partition coefficient (Wildman–Crippen LogP) is 8.52. The molecule has 1 aromatic heterocycles. The largest absolute Gasteiger partial charge is 0.321 e. The number of hydrogen-bond acceptors (Lipinski definition) is 6. The third-order valence-corrected chi connectivity index (χ3v) is 9.07. The first-order valence-electron chi connectivity index (χ1n) is 14.2. The van der Waals surface area contributed by atoms with Crippen LogP contribution in [-0.2, 0) is 9.59 Å². The van der Waals surface area contributed by atoms with Crippen LogP contribution >= 0.6 is 34.7 Å². The maximum Gasteiger partial charge on any atom is 0.272 e. The molecular weight excluding hydrogens is 643 g/mol. The molecule has 1 atom stereocenters. The average molecular weight is 671 g/mol. The van der Waals surface area contributed by atoms with Crippen molar-refractivity contribution in [3.05, 3.63) is 136 Å². The number of carbonyl (C=O) groups excluding carboxylic acids is 3. The molecule has 1 unspecified atom stereocenters. The number of thioether (sulfide) groups is 1. The highest BCUT2D eigenvalue weighted by Gasteiger charge is 2.21. The Morgan fingerprint density at radius 3 is 2.41 bits per heavy atom. The van der Waals surface area contributed by atoms with Gasteiger partial charge in [0.15, 0.2) is 5.13 Å². The van der Waals surface area contributed by atoms with Crippen molar-refractivity contribution in [2.24, 2.45) is 0 Å². The number of halogens is 2. The van der Waals surface area contributed by atoms with Gasteiger partial charge in [-0.25, -0.2) is 9.37 Å². The van der Waals surface area contributed by atoms with Crippen LogP contribution in [0, 0.1) is 5.82 Å². The summed E-state index contributed by atoms with van der Waals surface area (Å²) in [5, 5.41) is 10.9. The second-order valence-corrected chi connectivity index (χ2v) is 12.5. The quantitative estimate of drug-likeness (QED) is 0.0966. The molecule has 0 saturated heterocycles. The lowest BCUT2D eigenvalue weighted by Gasteiger charge is -2.15. The van der Waals surface area contributed by atoms with Crippen LogP contribution in [0.25, 0.3) is 17.3 Å². The van der Waals surface area contributed by atoms with Gasteiger partial charge in [0.05, 0.1) is 10.9 Å². The second-order valence-electron chi connectivity index (χ2n) is 9.93. The summed E-state index contributed by atoms with van der Waals surface area (Å²) in [6.07, 6.45) is 2.02. The smallest absolute Gasteiger partial charge is 0.272 e. The summed E-state index contributed by atoms with van der Waals surface area (Å²) >= 11 is 8.98. The zero-order valence-corrected chi connectivity index (χ0v) is 26.9. The Hall–Kier alpha value is -4.77. The number of rotatable bonds is 11. The van der Waals surface area contributed by atoms with Crippen LogP contribution in [0.4, 0.5) is 15.2 Å². The fourth-order valence-corrected chi connectivity index (χ4v) is 6.27. The van der Waals surface area contributed by atoms with Gasteiger partial charge in [-0.3, -0.25) is 14.4 Å². The van der Waals surface area contributed by atoms with Crippen molar-refractivity contribution in [3.8, 4) is 11.3 Å². The zero-order chi connectivity index (χ0) is 32.5. The van der Waals surface area contributed by atoms with Gasteiger partial charge >= 0.3 is 0 Å². The third kappa shape index (κ3) is 8.69. The molecule has 232 valence electrons. The molecule has 0 fully saturated rings. The first-order chi connectivity index (χ1) is 22.3. The fourth-order valence-electron chi connectivity index (χ4n) is 4.31. The highest BCUT2D eigenvalue weighted by molar-refractivity contribution is 8.00. The SMILES string of the molecule is CCC(Sc1cccc(NC(=O)/C(=C/c2ccc(F)cc2)NC(=O)c2ccccc2)c1)C(=O)Nc1nc(-c2ccccc2Cl)cs1. The first-order valence-corrected chi connectivity index (χ1v) is 16.4. The maximum atomic E-state index is 13.5. The van der Waals surface area contributed by atoms with E-state index in [4.69, 9.17) is 11.6 Å². The fraction of sp³-hybridized carbons (Fsp3) is 0.0857. The first kappa shape index (κ1) is 32.6. The number of amides is 3. The molecule has 1 heterocycles. The van der Waals surface area contributed by atoms with Gasteiger partial charge in [-0.05, 0) is 66.6 Å². The molecule has 5 aromatic rings. The van der Waals surface area contributed by atoms with Gasteiger partial charge in [-0.1, -0.05) is 73.1 Å². The molecule has 0 aliphatic carbocycles. The summed E-state index contributed by atoms with van der Waals surface area (Å²) in [7, 11) is 0. The minimum absolute atomic E-state index is 0.0241. The minimum atomic E-state index is -0.571. The Morgan fingerprint density at radius 1 is 0.935 bits per heavy atom. The van der Waals surface area contributed by atoms with Crippen molar-refractivity contribution >= 4 is 69.3 Å². The zero-order valence-electron chi connectivity index (χ0n) is 24.5. The number of nitrogens with zero attached hydrogens (tertiary/aromatic N) is 1. The molecule has 0 aliphatic rings. The van der Waals surface area contributed by atoms with Gasteiger partial charge in [0, 0.05) is 32.1 Å². The topological polar surface area (TPSA) is 100 Å². The van der Waals surface area contributed by atoms with E-state index in [0.717, 1.165) is 10.5 Å². The van der Waals surface area contributed by atoms with Crippen LogP contribution in [0.3, 0.4) is 0 Å². The summed E-state index contributed by atoms with van der Waals surface area (Å²) in [6.45, 7) is 1.92. The lowest BCUT2D eigenvalue weighted by molar-refractivity contribution is -0.116. The van der Waals surface area contributed by atoms with Crippen molar-refractivity contribution in [2.75, 3.05) is 10.6 Å². The molecule has 5 rings (SSSR count). The number of aromatic nitrogens is 1. The molecule has 3 amide bonds. The predicted molar refractivity (Wildman–Crippen MR) is 184 cm³/mol. The highest BCUT2D eigenvalue weighted by Crippen LogP contribution is 2.32. The van der Waals surface area contributed by atoms with Crippen LogP contribution in [0.15, 0.2) is 119 Å². The number of benzene rings is 4. The molecule has 0 spiro atoms. The lowest BCUT2D eigenvalue weighted by atomic mass is 10.1. The van der Waals surface area contributed by atoms with Gasteiger partial charge in [-0.2, -0.15) is 0 Å². The Labute approximate surface area is 278 Å². The number of hydrogen-bond donors (Lipinski definition) is 3. The molecule has 4 aromatic carbocycles. The summed E-state index contributed by atoms with van der Waals surface area (Å²) in [5.74, 6) is -1.66. The van der Waals surface area contributed by atoms with E-state index in [1.54, 1.807) is 54.6 Å². The third-order valence-electron chi connectivity index (χ3n) is 6.63. The summed E-state index contributed by atoms with van der Waals surface area (Å²) in [6, 6.07) is 28.5. The Morgan fingerprint density at radius 2 is 1.67 bits per heavy atom. The molecule has 0 saturated carbocycles. The van der Waals surface area contributed by atoms with E-state index in [0.29, 0.717) is 39.1 Å². The van der Waals surface area contributed by atoms with Crippen LogP contribution in [0.5, 0.6) is 0 Å². The molecule has 0 aliphatic heterocycles. The normalized spacial score (nSPS) is 11.8. The van der Waals surface area contributed by atoms with Crippen molar-refractivity contribution in [3.63, 3.8) is 0 Å². The van der Waals surface area contributed by atoms with Crippen molar-refractivity contribution < 1.29 is 18.8 Å². The molecule has 11 heteroatoms. The summed E-state index contributed by atoms with van der Waals surface area (Å²) in [4.78, 5) is 44.8. The number of nitrogens with one attached hydrogen (secondary N) is 3. The van der Waals surface area contributed by atoms with Crippen molar-refractivity contribution in [1.29, 1.82) is 0 Å². The van der Waals surface area contributed by atoms with E-state index in [1.165, 1.54) is 53.4 Å². The Kier molecular flexibility index (Phi) is 11.0. The Balaban J connectivity index is 1.27. The van der Waals surface area contributed by atoms with E-state index in [2.05, 4.69) is 20.9 Å². The van der Waals surface area contributed by atoms with Crippen molar-refractivity contribution in [1.82, 2.24) is 10.3 Å². The number of anilines is 2. The van der Waals surface area contributed by atoms with Gasteiger partial charge in [0.1, 0.15) is 11.5 Å². The standard InChI is InChI=1S/C35H28ClFN4O3S2/c1-2-31(34(44)41-35-40-30(21-45-35)27-13-6-7-14-28(27)36)46-26-12-8-11-25(20-26)38-33(43)29(19-22-15-17-24(37)18-16-22)39-32(42)23-9-4-3-5-10-23/h3-21,31H,2H2,1H3,(H,38,43)(H,39,42)(H,40,41,44)/b29-19-. The molecule has 46 heavy (non-hydrogen) atoms. The maximum absolute atomic E-state index is 13.5. The average Bonchev–Trinajstić information content (AvgIpc) is 3.53. The number of thiazole rings is 1. The highest BCUT2D eigenvalue weighted by atomic mass is 35.5. The van der Waals surface area contributed by atoms with Crippen LogP contribution < -0.4 is 16.0 Å². The van der Waals surface area contributed by atoms with E-state index < -0.39 is 22.9 Å². The van der Waals surface area contributed by atoms with Gasteiger partial charge in [0.25, 0.3) is 11.8 Å². The van der Waals surface area contributed by atoms with Crippen molar-refractivity contribution in [2.45, 2.75) is 23.5 Å². The van der Waals surface area contributed by atoms with E-state index in [1.807, 2.05) is 36.6 Å². The molecule has 3 N–H and O–H groups in total. The molecule has 7 nitrogen and oxygen atoms in total. The summed E-state index contributed by atoms with van der Waals surface area (Å²) < 4.78 is 13.5. The second kappa shape index (κ2) is 15.5.